The summed E-state index contributed by atoms with van der Waals surface area (Å²) in [7, 11) is 0. The van der Waals surface area contributed by atoms with Gasteiger partial charge in [0.1, 0.15) is 5.75 Å². The molecule has 6 heteroatoms. The number of aromatic carboxylic acids is 1. The second-order valence-corrected chi connectivity index (χ2v) is 4.91. The summed E-state index contributed by atoms with van der Waals surface area (Å²) in [5.41, 5.74) is 1.27. The Hall–Kier alpha value is -3.28. The number of aromatic amines is 1. The first-order valence-electron chi connectivity index (χ1n) is 6.95. The number of H-pyrrole nitrogens is 1. The highest BCUT2D eigenvalue weighted by molar-refractivity contribution is 6.00. The molecule has 0 saturated carbocycles. The number of carbonyl (C=O) groups excluding carboxylic acids is 1. The molecule has 0 aliphatic carbocycles. The molecule has 0 fully saturated rings. The third kappa shape index (κ3) is 3.32. The van der Waals surface area contributed by atoms with Gasteiger partial charge in [0.25, 0.3) is 5.91 Å². The van der Waals surface area contributed by atoms with Gasteiger partial charge in [-0.3, -0.25) is 4.79 Å². The molecule has 3 N–H and O–H groups in total. The first kappa shape index (κ1) is 14.6. The molecule has 0 radical (unpaired) electrons. The number of carbonyl (C=O) groups is 2. The zero-order valence-corrected chi connectivity index (χ0v) is 12.1. The summed E-state index contributed by atoms with van der Waals surface area (Å²) in [5.74, 6) is -0.952. The molecule has 0 bridgehead atoms. The number of anilines is 1. The van der Waals surface area contributed by atoms with Gasteiger partial charge in [-0.05, 0) is 36.4 Å². The van der Waals surface area contributed by atoms with Crippen molar-refractivity contribution in [3.05, 3.63) is 60.3 Å². The SMILES string of the molecule is O=C(COc1ccc2[nH]ccc2c1)Nc1ccccc1C(=O)O. The molecule has 116 valence electrons. The fourth-order valence-corrected chi connectivity index (χ4v) is 2.23. The van der Waals surface area contributed by atoms with Gasteiger partial charge in [-0.25, -0.2) is 4.79 Å². The highest BCUT2D eigenvalue weighted by Crippen LogP contribution is 2.20. The number of rotatable bonds is 5. The topological polar surface area (TPSA) is 91.4 Å². The monoisotopic (exact) mass is 310 g/mol. The molecular formula is C17H14N2O4. The predicted octanol–water partition coefficient (Wildman–Crippen LogP) is 2.88. The fourth-order valence-electron chi connectivity index (χ4n) is 2.23. The molecule has 0 unspecified atom stereocenters. The van der Waals surface area contributed by atoms with Crippen molar-refractivity contribution < 1.29 is 19.4 Å². The van der Waals surface area contributed by atoms with Crippen LogP contribution in [-0.2, 0) is 4.79 Å². The minimum atomic E-state index is -1.10. The van der Waals surface area contributed by atoms with Crippen LogP contribution in [0, 0.1) is 0 Å². The van der Waals surface area contributed by atoms with Crippen LogP contribution in [-0.4, -0.2) is 28.6 Å². The largest absolute Gasteiger partial charge is 0.484 e. The summed E-state index contributed by atoms with van der Waals surface area (Å²) in [6.45, 7) is -0.204. The van der Waals surface area contributed by atoms with Crippen LogP contribution in [0.1, 0.15) is 10.4 Å². The summed E-state index contributed by atoms with van der Waals surface area (Å²) in [6, 6.07) is 13.6. The highest BCUT2D eigenvalue weighted by atomic mass is 16.5. The van der Waals surface area contributed by atoms with E-state index >= 15 is 0 Å². The molecule has 3 aromatic rings. The first-order chi connectivity index (χ1) is 11.1. The number of carboxylic acids is 1. The average molecular weight is 310 g/mol. The lowest BCUT2D eigenvalue weighted by Crippen LogP contribution is -2.21. The van der Waals surface area contributed by atoms with E-state index in [1.807, 2.05) is 24.4 Å². The second kappa shape index (κ2) is 6.23. The molecule has 1 amide bonds. The van der Waals surface area contributed by atoms with Gasteiger partial charge >= 0.3 is 5.97 Å². The molecule has 1 aromatic heterocycles. The standard InChI is InChI=1S/C17H14N2O4/c20-16(19-15-4-2-1-3-13(15)17(21)22)10-23-12-5-6-14-11(9-12)7-8-18-14/h1-9,18H,10H2,(H,19,20)(H,21,22). The van der Waals surface area contributed by atoms with Gasteiger partial charge in [0, 0.05) is 17.1 Å². The zero-order valence-electron chi connectivity index (χ0n) is 12.1. The first-order valence-corrected chi connectivity index (χ1v) is 6.95. The van der Waals surface area contributed by atoms with E-state index in [-0.39, 0.29) is 17.9 Å². The Bertz CT molecular complexity index is 870. The Balaban J connectivity index is 1.64. The third-order valence-corrected chi connectivity index (χ3v) is 3.33. The summed E-state index contributed by atoms with van der Waals surface area (Å²) in [6.07, 6.45) is 1.82. The summed E-state index contributed by atoms with van der Waals surface area (Å²) in [4.78, 5) is 26.1. The van der Waals surface area contributed by atoms with Gasteiger partial charge in [0.05, 0.1) is 11.3 Å². The number of para-hydroxylation sites is 1. The minimum absolute atomic E-state index is 0.0367. The molecule has 0 aliphatic heterocycles. The van der Waals surface area contributed by atoms with Crippen molar-refractivity contribution in [2.45, 2.75) is 0 Å². The molecule has 0 aliphatic rings. The Morgan fingerprint density at radius 2 is 1.96 bits per heavy atom. The number of hydrogen-bond donors (Lipinski definition) is 3. The van der Waals surface area contributed by atoms with E-state index in [9.17, 15) is 9.59 Å². The second-order valence-electron chi connectivity index (χ2n) is 4.91. The van der Waals surface area contributed by atoms with Crippen LogP contribution >= 0.6 is 0 Å². The predicted molar refractivity (Wildman–Crippen MR) is 85.8 cm³/mol. The van der Waals surface area contributed by atoms with E-state index in [0.29, 0.717) is 5.75 Å². The van der Waals surface area contributed by atoms with Gasteiger partial charge in [-0.1, -0.05) is 12.1 Å². The number of hydrogen-bond acceptors (Lipinski definition) is 3. The maximum absolute atomic E-state index is 11.9. The Morgan fingerprint density at radius 3 is 2.78 bits per heavy atom. The van der Waals surface area contributed by atoms with Crippen molar-refractivity contribution in [1.29, 1.82) is 0 Å². The van der Waals surface area contributed by atoms with E-state index in [0.717, 1.165) is 10.9 Å². The zero-order chi connectivity index (χ0) is 16.2. The number of ether oxygens (including phenoxy) is 1. The Morgan fingerprint density at radius 1 is 1.13 bits per heavy atom. The Kier molecular flexibility index (Phi) is 3.97. The van der Waals surface area contributed by atoms with Crippen molar-refractivity contribution in [2.75, 3.05) is 11.9 Å². The highest BCUT2D eigenvalue weighted by Gasteiger charge is 2.12. The molecule has 0 spiro atoms. The van der Waals surface area contributed by atoms with Crippen LogP contribution in [0.5, 0.6) is 5.75 Å². The van der Waals surface area contributed by atoms with Crippen molar-refractivity contribution >= 4 is 28.5 Å². The number of amides is 1. The Labute approximate surface area is 131 Å². The normalized spacial score (nSPS) is 10.4. The lowest BCUT2D eigenvalue weighted by atomic mass is 10.2. The van der Waals surface area contributed by atoms with Crippen LogP contribution in [0.3, 0.4) is 0 Å². The van der Waals surface area contributed by atoms with Gasteiger partial charge in [-0.2, -0.15) is 0 Å². The number of benzene rings is 2. The van der Waals surface area contributed by atoms with Crippen LogP contribution in [0.15, 0.2) is 54.7 Å². The molecule has 1 heterocycles. The van der Waals surface area contributed by atoms with Gasteiger partial charge in [0.2, 0.25) is 0 Å². The van der Waals surface area contributed by atoms with Crippen LogP contribution in [0.2, 0.25) is 0 Å². The molecule has 0 saturated heterocycles. The van der Waals surface area contributed by atoms with Crippen LogP contribution in [0.25, 0.3) is 10.9 Å². The number of aromatic nitrogens is 1. The van der Waals surface area contributed by atoms with Crippen molar-refractivity contribution in [3.63, 3.8) is 0 Å². The molecule has 6 nitrogen and oxygen atoms in total. The van der Waals surface area contributed by atoms with Crippen molar-refractivity contribution in [1.82, 2.24) is 4.98 Å². The van der Waals surface area contributed by atoms with E-state index in [1.165, 1.54) is 12.1 Å². The van der Waals surface area contributed by atoms with E-state index < -0.39 is 11.9 Å². The lowest BCUT2D eigenvalue weighted by Gasteiger charge is -2.09. The maximum atomic E-state index is 11.9. The quantitative estimate of drug-likeness (QED) is 0.675. The number of fused-ring (bicyclic) bond motifs is 1. The van der Waals surface area contributed by atoms with Gasteiger partial charge in [-0.15, -0.1) is 0 Å². The number of nitrogens with one attached hydrogen (secondary N) is 2. The summed E-state index contributed by atoms with van der Waals surface area (Å²) >= 11 is 0. The van der Waals surface area contributed by atoms with Crippen molar-refractivity contribution in [3.8, 4) is 5.75 Å². The van der Waals surface area contributed by atoms with Crippen LogP contribution < -0.4 is 10.1 Å². The average Bonchev–Trinajstić information content (AvgIpc) is 3.01. The third-order valence-electron chi connectivity index (χ3n) is 3.33. The van der Waals surface area contributed by atoms with Gasteiger partial charge in [0.15, 0.2) is 6.61 Å². The van der Waals surface area contributed by atoms with E-state index in [1.54, 1.807) is 18.2 Å². The van der Waals surface area contributed by atoms with E-state index in [4.69, 9.17) is 9.84 Å². The smallest absolute Gasteiger partial charge is 0.337 e. The molecule has 23 heavy (non-hydrogen) atoms. The molecular weight excluding hydrogens is 296 g/mol. The number of carboxylic acid groups (broad SMARTS) is 1. The maximum Gasteiger partial charge on any atom is 0.337 e. The molecule has 2 aromatic carbocycles. The van der Waals surface area contributed by atoms with Gasteiger partial charge < -0.3 is 20.1 Å². The fraction of sp³-hybridized carbons (Fsp3) is 0.0588. The molecule has 0 atom stereocenters. The van der Waals surface area contributed by atoms with E-state index in [2.05, 4.69) is 10.3 Å². The lowest BCUT2D eigenvalue weighted by molar-refractivity contribution is -0.118. The van der Waals surface area contributed by atoms with Crippen molar-refractivity contribution in [2.24, 2.45) is 0 Å². The van der Waals surface area contributed by atoms with Crippen LogP contribution in [0.4, 0.5) is 5.69 Å². The molecule has 3 rings (SSSR count). The summed E-state index contributed by atoms with van der Waals surface area (Å²) < 4.78 is 5.44. The summed E-state index contributed by atoms with van der Waals surface area (Å²) in [5, 5.41) is 12.6. The minimum Gasteiger partial charge on any atom is -0.484 e.